The molecule has 1 aromatic rings. The first-order chi connectivity index (χ1) is 10.8. The molecule has 1 aromatic heterocycles. The lowest BCUT2D eigenvalue weighted by molar-refractivity contribution is -0.141. The standard InChI is InChI=1S/C16H23N3O3/c1-21-11-9-18-7-8-19(16(20)14-5-3-10-22-14)12-13-4-2-6-17-15(13)18/h2,4,6,14H,3,5,7-12H2,1H3/t14-/m0/s1. The third kappa shape index (κ3) is 3.23. The number of hydrogen-bond acceptors (Lipinski definition) is 5. The van der Waals surface area contributed by atoms with Crippen LogP contribution in [0.3, 0.4) is 0 Å². The van der Waals surface area contributed by atoms with E-state index in [2.05, 4.69) is 9.88 Å². The summed E-state index contributed by atoms with van der Waals surface area (Å²) >= 11 is 0. The number of ether oxygens (including phenoxy) is 2. The van der Waals surface area contributed by atoms with Gasteiger partial charge in [0, 0.05) is 51.7 Å². The van der Waals surface area contributed by atoms with Crippen molar-refractivity contribution in [2.45, 2.75) is 25.5 Å². The molecule has 1 fully saturated rings. The van der Waals surface area contributed by atoms with Gasteiger partial charge in [-0.05, 0) is 18.9 Å². The van der Waals surface area contributed by atoms with Crippen LogP contribution in [0.4, 0.5) is 5.82 Å². The zero-order valence-corrected chi connectivity index (χ0v) is 13.0. The Labute approximate surface area is 131 Å². The maximum atomic E-state index is 12.6. The fourth-order valence-electron chi connectivity index (χ4n) is 3.05. The Balaban J connectivity index is 1.77. The number of hydrogen-bond donors (Lipinski definition) is 0. The molecule has 22 heavy (non-hydrogen) atoms. The van der Waals surface area contributed by atoms with Crippen LogP contribution in [-0.2, 0) is 20.8 Å². The molecule has 1 atom stereocenters. The van der Waals surface area contributed by atoms with Crippen molar-refractivity contribution in [2.75, 3.05) is 44.9 Å². The maximum Gasteiger partial charge on any atom is 0.252 e. The molecule has 1 saturated heterocycles. The molecule has 3 rings (SSSR count). The molecule has 1 amide bonds. The van der Waals surface area contributed by atoms with Gasteiger partial charge < -0.3 is 19.3 Å². The molecule has 0 bridgehead atoms. The zero-order chi connectivity index (χ0) is 15.4. The molecule has 0 saturated carbocycles. The summed E-state index contributed by atoms with van der Waals surface area (Å²) in [6.07, 6.45) is 3.35. The van der Waals surface area contributed by atoms with Crippen LogP contribution >= 0.6 is 0 Å². The van der Waals surface area contributed by atoms with Gasteiger partial charge in [-0.1, -0.05) is 6.07 Å². The Hall–Kier alpha value is -1.66. The number of amides is 1. The Morgan fingerprint density at radius 2 is 2.41 bits per heavy atom. The number of aromatic nitrogens is 1. The third-order valence-corrected chi connectivity index (χ3v) is 4.25. The SMILES string of the molecule is COCCN1CCN(C(=O)[C@@H]2CCCO2)Cc2cccnc21. The van der Waals surface area contributed by atoms with E-state index < -0.39 is 0 Å². The van der Waals surface area contributed by atoms with E-state index in [1.54, 1.807) is 13.3 Å². The van der Waals surface area contributed by atoms with Crippen LogP contribution in [0.2, 0.25) is 0 Å². The number of rotatable bonds is 4. The molecule has 0 aromatic carbocycles. The molecular formula is C16H23N3O3. The molecule has 2 aliphatic rings. The topological polar surface area (TPSA) is 54.9 Å². The summed E-state index contributed by atoms with van der Waals surface area (Å²) in [6, 6.07) is 3.97. The van der Waals surface area contributed by atoms with Crippen LogP contribution < -0.4 is 4.90 Å². The Bertz CT molecular complexity index is 517. The Kier molecular flexibility index (Phi) is 4.90. The van der Waals surface area contributed by atoms with Crippen LogP contribution in [0, 0.1) is 0 Å². The first kappa shape index (κ1) is 15.2. The summed E-state index contributed by atoms with van der Waals surface area (Å²) in [7, 11) is 1.70. The smallest absolute Gasteiger partial charge is 0.252 e. The van der Waals surface area contributed by atoms with Crippen LogP contribution in [0.25, 0.3) is 0 Å². The maximum absolute atomic E-state index is 12.6. The predicted molar refractivity (Wildman–Crippen MR) is 82.7 cm³/mol. The fraction of sp³-hybridized carbons (Fsp3) is 0.625. The third-order valence-electron chi connectivity index (χ3n) is 4.25. The molecule has 0 N–H and O–H groups in total. The zero-order valence-electron chi connectivity index (χ0n) is 13.0. The first-order valence-electron chi connectivity index (χ1n) is 7.88. The van der Waals surface area contributed by atoms with Gasteiger partial charge in [0.1, 0.15) is 11.9 Å². The molecule has 6 heteroatoms. The first-order valence-corrected chi connectivity index (χ1v) is 7.88. The summed E-state index contributed by atoms with van der Waals surface area (Å²) in [5.41, 5.74) is 1.09. The summed E-state index contributed by atoms with van der Waals surface area (Å²) in [6.45, 7) is 4.19. The summed E-state index contributed by atoms with van der Waals surface area (Å²) in [5, 5.41) is 0. The minimum Gasteiger partial charge on any atom is -0.383 e. The summed E-state index contributed by atoms with van der Waals surface area (Å²) in [5.74, 6) is 1.07. The molecule has 120 valence electrons. The molecular weight excluding hydrogens is 282 g/mol. The Morgan fingerprint density at radius 1 is 1.50 bits per heavy atom. The normalized spacial score (nSPS) is 21.6. The second kappa shape index (κ2) is 7.07. The van der Waals surface area contributed by atoms with Crippen molar-refractivity contribution in [1.29, 1.82) is 0 Å². The highest BCUT2D eigenvalue weighted by Crippen LogP contribution is 2.24. The number of fused-ring (bicyclic) bond motifs is 1. The number of pyridine rings is 1. The highest BCUT2D eigenvalue weighted by molar-refractivity contribution is 5.81. The lowest BCUT2D eigenvalue weighted by atomic mass is 10.2. The quantitative estimate of drug-likeness (QED) is 0.832. The number of carbonyl (C=O) groups is 1. The van der Waals surface area contributed by atoms with Crippen molar-refractivity contribution in [3.8, 4) is 0 Å². The van der Waals surface area contributed by atoms with E-state index in [1.165, 1.54) is 0 Å². The lowest BCUT2D eigenvalue weighted by Gasteiger charge is -2.24. The fourth-order valence-corrected chi connectivity index (χ4v) is 3.05. The van der Waals surface area contributed by atoms with Gasteiger partial charge in [0.2, 0.25) is 0 Å². The van der Waals surface area contributed by atoms with Crippen molar-refractivity contribution in [1.82, 2.24) is 9.88 Å². The van der Waals surface area contributed by atoms with Gasteiger partial charge in [0.05, 0.1) is 6.61 Å². The van der Waals surface area contributed by atoms with Gasteiger partial charge in [-0.2, -0.15) is 0 Å². The van der Waals surface area contributed by atoms with Gasteiger partial charge in [0.25, 0.3) is 5.91 Å². The highest BCUT2D eigenvalue weighted by Gasteiger charge is 2.30. The molecule has 0 spiro atoms. The number of methoxy groups -OCH3 is 1. The van der Waals surface area contributed by atoms with Gasteiger partial charge in [0.15, 0.2) is 0 Å². The van der Waals surface area contributed by atoms with E-state index in [0.717, 1.165) is 37.3 Å². The van der Waals surface area contributed by atoms with E-state index in [9.17, 15) is 4.79 Å². The van der Waals surface area contributed by atoms with Crippen molar-refractivity contribution >= 4 is 11.7 Å². The van der Waals surface area contributed by atoms with E-state index in [4.69, 9.17) is 9.47 Å². The molecule has 3 heterocycles. The van der Waals surface area contributed by atoms with E-state index in [1.807, 2.05) is 17.0 Å². The Morgan fingerprint density at radius 3 is 3.18 bits per heavy atom. The molecule has 2 aliphatic heterocycles. The minimum absolute atomic E-state index is 0.112. The average Bonchev–Trinajstić information content (AvgIpc) is 3.01. The monoisotopic (exact) mass is 305 g/mol. The largest absolute Gasteiger partial charge is 0.383 e. The van der Waals surface area contributed by atoms with Crippen LogP contribution in [0.15, 0.2) is 18.3 Å². The van der Waals surface area contributed by atoms with E-state index in [-0.39, 0.29) is 12.0 Å². The summed E-state index contributed by atoms with van der Waals surface area (Å²) < 4.78 is 10.7. The second-order valence-electron chi connectivity index (χ2n) is 5.73. The average molecular weight is 305 g/mol. The number of anilines is 1. The molecule has 0 unspecified atom stereocenters. The van der Waals surface area contributed by atoms with Crippen LogP contribution in [-0.4, -0.2) is 61.9 Å². The van der Waals surface area contributed by atoms with Gasteiger partial charge >= 0.3 is 0 Å². The van der Waals surface area contributed by atoms with Gasteiger partial charge in [-0.25, -0.2) is 4.98 Å². The van der Waals surface area contributed by atoms with Gasteiger partial charge in [-0.3, -0.25) is 4.79 Å². The minimum atomic E-state index is -0.259. The van der Waals surface area contributed by atoms with Crippen molar-refractivity contribution in [3.63, 3.8) is 0 Å². The van der Waals surface area contributed by atoms with Crippen molar-refractivity contribution in [2.24, 2.45) is 0 Å². The van der Waals surface area contributed by atoms with Crippen molar-refractivity contribution in [3.05, 3.63) is 23.9 Å². The van der Waals surface area contributed by atoms with E-state index in [0.29, 0.717) is 26.3 Å². The molecule has 6 nitrogen and oxygen atoms in total. The molecule has 0 aliphatic carbocycles. The number of nitrogens with zero attached hydrogens (tertiary/aromatic N) is 3. The predicted octanol–water partition coefficient (Wildman–Crippen LogP) is 1.06. The molecule has 0 radical (unpaired) electrons. The number of carbonyl (C=O) groups excluding carboxylic acids is 1. The van der Waals surface area contributed by atoms with E-state index >= 15 is 0 Å². The van der Waals surface area contributed by atoms with Crippen LogP contribution in [0.5, 0.6) is 0 Å². The second-order valence-corrected chi connectivity index (χ2v) is 5.73. The summed E-state index contributed by atoms with van der Waals surface area (Å²) in [4.78, 5) is 21.2. The van der Waals surface area contributed by atoms with Crippen LogP contribution in [0.1, 0.15) is 18.4 Å². The lowest BCUT2D eigenvalue weighted by Crippen LogP contribution is -2.41. The highest BCUT2D eigenvalue weighted by atomic mass is 16.5. The van der Waals surface area contributed by atoms with Gasteiger partial charge in [-0.15, -0.1) is 0 Å². The van der Waals surface area contributed by atoms with Crippen molar-refractivity contribution < 1.29 is 14.3 Å².